The van der Waals surface area contributed by atoms with E-state index in [0.29, 0.717) is 53.9 Å². The third-order valence-electron chi connectivity index (χ3n) is 8.44. The van der Waals surface area contributed by atoms with Crippen molar-refractivity contribution in [2.75, 3.05) is 39.4 Å². The van der Waals surface area contributed by atoms with E-state index < -0.39 is 60.7 Å². The summed E-state index contributed by atoms with van der Waals surface area (Å²) in [5, 5.41) is 59.7. The molecule has 4 rings (SSSR count). The molecule has 4 atom stereocenters. The van der Waals surface area contributed by atoms with Gasteiger partial charge in [0.25, 0.3) is 0 Å². The molecule has 2 saturated heterocycles. The average molecular weight is 705 g/mol. The zero-order valence-corrected chi connectivity index (χ0v) is 29.0. The second-order valence-electron chi connectivity index (χ2n) is 13.4. The number of aliphatic hydroxyl groups is 6. The Morgan fingerprint density at radius 1 is 0.854 bits per heavy atom. The number of aliphatic hydroxyl groups excluding tert-OH is 6. The van der Waals surface area contributed by atoms with Crippen LogP contribution in [0, 0.1) is 13.8 Å². The lowest BCUT2D eigenvalue weighted by atomic mass is 9.87. The standard InChI is InChI=1S/C19H29FN2O5.C14H21FN2O3.ClH/c1-12-9-13(15(25)14(24)11-23)10-21-16(12)19(20)5-7-22(8-6-19)17(26)27-18(2,3)4;1-9-6-10(12(20)11(19)8-18)7-17-13(9)14(15)2-4-16-5-3-14;/h9-10,14-15,23-25H,5-8,11H2,1-4H3;6-7,11-12,16,18-20H,2-5,8H2,1H3;1H/t14-,15-;11-,12-;/m00./s1. The van der Waals surface area contributed by atoms with Crippen molar-refractivity contribution in [1.29, 1.82) is 0 Å². The maximum atomic E-state index is 15.5. The van der Waals surface area contributed by atoms with E-state index in [4.69, 9.17) is 14.9 Å². The Morgan fingerprint density at radius 2 is 1.25 bits per heavy atom. The SMILES string of the molecule is Cc1cc([C@H](O)[C@@H](O)CO)cnc1C1(F)CCN(C(=O)OC(C)(C)C)CC1.Cc1cc([C@H](O)[C@@H](O)CO)cnc1C1(F)CCNCC1.Cl. The number of halogens is 3. The molecule has 2 fully saturated rings. The molecule has 0 saturated carbocycles. The molecular weight excluding hydrogens is 654 g/mol. The molecule has 12 nitrogen and oxygen atoms in total. The number of nitrogens with one attached hydrogen (secondary N) is 1. The molecule has 2 aliphatic heterocycles. The Bertz CT molecular complexity index is 1340. The van der Waals surface area contributed by atoms with Gasteiger partial charge in [0.15, 0.2) is 11.3 Å². The molecule has 15 heteroatoms. The Labute approximate surface area is 286 Å². The molecular formula is C33H51ClF2N4O8. The highest BCUT2D eigenvalue weighted by molar-refractivity contribution is 5.85. The summed E-state index contributed by atoms with van der Waals surface area (Å²) in [4.78, 5) is 22.0. The average Bonchev–Trinajstić information content (AvgIpc) is 3.03. The van der Waals surface area contributed by atoms with Crippen molar-refractivity contribution in [2.24, 2.45) is 0 Å². The summed E-state index contributed by atoms with van der Waals surface area (Å²) in [6, 6.07) is 3.18. The van der Waals surface area contributed by atoms with Crippen LogP contribution in [0.25, 0.3) is 0 Å². The van der Waals surface area contributed by atoms with Crippen molar-refractivity contribution in [2.45, 2.75) is 102 Å². The van der Waals surface area contributed by atoms with Gasteiger partial charge in [0.05, 0.1) is 24.6 Å². The lowest BCUT2D eigenvalue weighted by Gasteiger charge is -2.37. The first-order chi connectivity index (χ1) is 21.9. The molecule has 0 radical (unpaired) electrons. The van der Waals surface area contributed by atoms with Gasteiger partial charge in [-0.3, -0.25) is 9.97 Å². The third kappa shape index (κ3) is 10.5. The van der Waals surface area contributed by atoms with Gasteiger partial charge in [0, 0.05) is 49.5 Å². The molecule has 2 aromatic rings. The molecule has 0 aromatic carbocycles. The maximum absolute atomic E-state index is 15.5. The number of carbonyl (C=O) groups is 1. The quantitative estimate of drug-likeness (QED) is 0.214. The van der Waals surface area contributed by atoms with Crippen molar-refractivity contribution < 1.29 is 49.0 Å². The highest BCUT2D eigenvalue weighted by Gasteiger charge is 2.41. The van der Waals surface area contributed by atoms with Crippen LogP contribution in [0.3, 0.4) is 0 Å². The molecule has 272 valence electrons. The first-order valence-electron chi connectivity index (χ1n) is 15.9. The van der Waals surface area contributed by atoms with Crippen LogP contribution in [0.5, 0.6) is 0 Å². The van der Waals surface area contributed by atoms with Gasteiger partial charge in [0.1, 0.15) is 30.0 Å². The van der Waals surface area contributed by atoms with E-state index in [-0.39, 0.29) is 44.0 Å². The van der Waals surface area contributed by atoms with Gasteiger partial charge in [-0.05, 0) is 83.8 Å². The largest absolute Gasteiger partial charge is 0.444 e. The van der Waals surface area contributed by atoms with Gasteiger partial charge in [-0.1, -0.05) is 0 Å². The lowest BCUT2D eigenvalue weighted by Crippen LogP contribution is -2.45. The van der Waals surface area contributed by atoms with Crippen LogP contribution in [-0.4, -0.2) is 109 Å². The van der Waals surface area contributed by atoms with Crippen molar-refractivity contribution in [1.82, 2.24) is 20.2 Å². The lowest BCUT2D eigenvalue weighted by molar-refractivity contribution is -0.0156. The normalized spacial score (nSPS) is 19.9. The van der Waals surface area contributed by atoms with Gasteiger partial charge in [0.2, 0.25) is 0 Å². The zero-order chi connectivity index (χ0) is 35.2. The number of piperidine rings is 2. The van der Waals surface area contributed by atoms with E-state index in [0.717, 1.165) is 0 Å². The fourth-order valence-electron chi connectivity index (χ4n) is 5.77. The number of ether oxygens (including phenoxy) is 1. The Kier molecular flexibility index (Phi) is 15.1. The summed E-state index contributed by atoms with van der Waals surface area (Å²) in [5.74, 6) is 0. The first-order valence-corrected chi connectivity index (χ1v) is 15.9. The number of pyridine rings is 2. The minimum atomic E-state index is -1.68. The number of rotatable bonds is 8. The van der Waals surface area contributed by atoms with E-state index in [9.17, 15) is 29.6 Å². The minimum absolute atomic E-state index is 0. The predicted molar refractivity (Wildman–Crippen MR) is 176 cm³/mol. The number of alkyl halides is 2. The second-order valence-corrected chi connectivity index (χ2v) is 13.4. The van der Waals surface area contributed by atoms with E-state index in [1.807, 2.05) is 0 Å². The summed E-state index contributed by atoms with van der Waals surface area (Å²) in [6.45, 7) is 9.33. The van der Waals surface area contributed by atoms with Gasteiger partial charge in [-0.25, -0.2) is 13.6 Å². The van der Waals surface area contributed by atoms with Gasteiger partial charge in [-0.2, -0.15) is 0 Å². The van der Waals surface area contributed by atoms with Crippen molar-refractivity contribution in [3.63, 3.8) is 0 Å². The van der Waals surface area contributed by atoms with Crippen molar-refractivity contribution in [3.8, 4) is 0 Å². The molecule has 1 amide bonds. The number of amides is 1. The van der Waals surface area contributed by atoms with Crippen LogP contribution < -0.4 is 5.32 Å². The van der Waals surface area contributed by atoms with Crippen LogP contribution >= 0.6 is 12.4 Å². The smallest absolute Gasteiger partial charge is 0.410 e. The number of hydrogen-bond acceptors (Lipinski definition) is 11. The first kappa shape index (κ1) is 41.6. The van der Waals surface area contributed by atoms with Gasteiger partial charge >= 0.3 is 6.09 Å². The molecule has 7 N–H and O–H groups in total. The molecule has 0 bridgehead atoms. The fraction of sp³-hybridized carbons (Fsp3) is 0.667. The highest BCUT2D eigenvalue weighted by Crippen LogP contribution is 2.39. The summed E-state index contributed by atoms with van der Waals surface area (Å²) in [6.07, 6.45) is -1.92. The molecule has 0 spiro atoms. The van der Waals surface area contributed by atoms with E-state index in [1.165, 1.54) is 17.3 Å². The number of carbonyl (C=O) groups excluding carboxylic acids is 1. The van der Waals surface area contributed by atoms with Gasteiger partial charge < -0.3 is 45.6 Å². The monoisotopic (exact) mass is 704 g/mol. The molecule has 4 heterocycles. The van der Waals surface area contributed by atoms with Crippen LogP contribution in [0.2, 0.25) is 0 Å². The zero-order valence-electron chi connectivity index (χ0n) is 28.2. The number of likely N-dealkylation sites (tertiary alicyclic amines) is 1. The molecule has 0 aliphatic carbocycles. The van der Waals surface area contributed by atoms with E-state index >= 15 is 4.39 Å². The summed E-state index contributed by atoms with van der Waals surface area (Å²) >= 11 is 0. The molecule has 48 heavy (non-hydrogen) atoms. The third-order valence-corrected chi connectivity index (χ3v) is 8.44. The summed E-state index contributed by atoms with van der Waals surface area (Å²) in [5.41, 5.74) is -1.17. The molecule has 0 unspecified atom stereocenters. The highest BCUT2D eigenvalue weighted by atomic mass is 35.5. The maximum Gasteiger partial charge on any atom is 0.410 e. The summed E-state index contributed by atoms with van der Waals surface area (Å²) < 4.78 is 35.7. The molecule has 2 aromatic heterocycles. The Hall–Kier alpha value is -2.56. The summed E-state index contributed by atoms with van der Waals surface area (Å²) in [7, 11) is 0. The predicted octanol–water partition coefficient (Wildman–Crippen LogP) is 2.72. The fourth-order valence-corrected chi connectivity index (χ4v) is 5.77. The van der Waals surface area contributed by atoms with Crippen molar-refractivity contribution >= 4 is 18.5 Å². The van der Waals surface area contributed by atoms with Crippen LogP contribution in [0.1, 0.15) is 92.3 Å². The number of aryl methyl sites for hydroxylation is 2. The number of nitrogens with zero attached hydrogens (tertiary/aromatic N) is 3. The van der Waals surface area contributed by atoms with E-state index in [2.05, 4.69) is 15.3 Å². The van der Waals surface area contributed by atoms with E-state index in [1.54, 1.807) is 46.8 Å². The number of aromatic nitrogens is 2. The van der Waals surface area contributed by atoms with Crippen LogP contribution in [0.15, 0.2) is 24.5 Å². The van der Waals surface area contributed by atoms with Crippen molar-refractivity contribution in [3.05, 3.63) is 58.2 Å². The molecule has 2 aliphatic rings. The number of hydrogen-bond donors (Lipinski definition) is 7. The Balaban J connectivity index is 0.000000340. The Morgan fingerprint density at radius 3 is 1.60 bits per heavy atom. The second kappa shape index (κ2) is 17.4. The van der Waals surface area contributed by atoms with Crippen LogP contribution in [-0.2, 0) is 16.1 Å². The topological polar surface area (TPSA) is 189 Å². The van der Waals surface area contributed by atoms with Gasteiger partial charge in [-0.15, -0.1) is 12.4 Å². The van der Waals surface area contributed by atoms with Crippen LogP contribution in [0.4, 0.5) is 13.6 Å². The minimum Gasteiger partial charge on any atom is -0.444 e.